The lowest BCUT2D eigenvalue weighted by Crippen LogP contribution is -2.49. The van der Waals surface area contributed by atoms with Gasteiger partial charge in [0.15, 0.2) is 0 Å². The number of aryl methyl sites for hydroxylation is 1. The molecule has 1 atom stereocenters. The Kier molecular flexibility index (Phi) is 10.9. The number of carboxylic acids is 2. The van der Waals surface area contributed by atoms with Crippen molar-refractivity contribution in [3.8, 4) is 11.1 Å². The van der Waals surface area contributed by atoms with E-state index in [0.29, 0.717) is 6.54 Å². The van der Waals surface area contributed by atoms with Crippen molar-refractivity contribution in [2.75, 3.05) is 26.7 Å². The van der Waals surface area contributed by atoms with Gasteiger partial charge in [-0.05, 0) is 43.3 Å². The molecule has 16 heteroatoms. The molecule has 4 aromatic rings. The molecular weight excluding hydrogens is 612 g/mol. The smallest absolute Gasteiger partial charge is 0.475 e. The Morgan fingerprint density at radius 1 is 0.867 bits per heavy atom. The summed E-state index contributed by atoms with van der Waals surface area (Å²) in [5.41, 5.74) is 6.03. The average molecular weight is 640 g/mol. The van der Waals surface area contributed by atoms with Crippen LogP contribution in [-0.2, 0) is 9.59 Å². The Bertz CT molecular complexity index is 1620. The van der Waals surface area contributed by atoms with Gasteiger partial charge in [-0.15, -0.1) is 0 Å². The molecule has 3 aromatic heterocycles. The zero-order valence-electron chi connectivity index (χ0n) is 23.7. The van der Waals surface area contributed by atoms with E-state index < -0.39 is 24.3 Å². The number of aliphatic carboxylic acids is 2. The molecule has 0 radical (unpaired) electrons. The molecule has 10 nitrogen and oxygen atoms in total. The monoisotopic (exact) mass is 639 g/mol. The van der Waals surface area contributed by atoms with Gasteiger partial charge in [-0.3, -0.25) is 14.7 Å². The van der Waals surface area contributed by atoms with E-state index in [1.54, 1.807) is 6.20 Å². The van der Waals surface area contributed by atoms with Gasteiger partial charge in [0, 0.05) is 49.4 Å². The summed E-state index contributed by atoms with van der Waals surface area (Å²) in [5, 5.41) is 14.2. The van der Waals surface area contributed by atoms with Crippen LogP contribution < -0.4 is 0 Å². The number of alkyl halides is 6. The highest BCUT2D eigenvalue weighted by Gasteiger charge is 2.39. The number of aromatic nitrogens is 3. The molecule has 1 aromatic carbocycles. The first kappa shape index (κ1) is 34.5. The Morgan fingerprint density at radius 3 is 2.04 bits per heavy atom. The van der Waals surface area contributed by atoms with Gasteiger partial charge >= 0.3 is 24.3 Å². The van der Waals surface area contributed by atoms with Crippen LogP contribution in [0.1, 0.15) is 27.7 Å². The van der Waals surface area contributed by atoms with E-state index in [2.05, 4.69) is 45.7 Å². The lowest BCUT2D eigenvalue weighted by atomic mass is 10.0. The second-order valence-corrected chi connectivity index (χ2v) is 9.75. The largest absolute Gasteiger partial charge is 0.490 e. The SMILES string of the molecule is Cc1ccccc1C(=O)N1CCN(C)C(c2ncn3cc(-c4cccnc4)ccc23)C1.O=C(O)C(F)(F)F.O=C(O)C(F)(F)F. The summed E-state index contributed by atoms with van der Waals surface area (Å²) in [7, 11) is 2.11. The molecule has 1 aliphatic rings. The van der Waals surface area contributed by atoms with Crippen molar-refractivity contribution in [2.24, 2.45) is 0 Å². The van der Waals surface area contributed by atoms with E-state index in [-0.39, 0.29) is 11.9 Å². The number of nitrogens with zero attached hydrogens (tertiary/aromatic N) is 5. The molecule has 240 valence electrons. The highest BCUT2D eigenvalue weighted by atomic mass is 19.4. The van der Waals surface area contributed by atoms with E-state index in [4.69, 9.17) is 24.8 Å². The number of pyridine rings is 2. The zero-order valence-corrected chi connectivity index (χ0v) is 23.7. The number of rotatable bonds is 3. The fraction of sp³-hybridized carbons (Fsp3) is 0.276. The Balaban J connectivity index is 0.000000331. The summed E-state index contributed by atoms with van der Waals surface area (Å²) in [5.74, 6) is -5.42. The van der Waals surface area contributed by atoms with Crippen molar-refractivity contribution in [2.45, 2.75) is 25.3 Å². The van der Waals surface area contributed by atoms with Gasteiger partial charge in [-0.2, -0.15) is 26.3 Å². The molecule has 2 N–H and O–H groups in total. The molecule has 1 amide bonds. The normalized spacial score (nSPS) is 15.4. The van der Waals surface area contributed by atoms with Crippen LogP contribution in [0.4, 0.5) is 26.3 Å². The Morgan fingerprint density at radius 2 is 1.49 bits per heavy atom. The lowest BCUT2D eigenvalue weighted by Gasteiger charge is -2.39. The number of hydrogen-bond acceptors (Lipinski definition) is 6. The minimum atomic E-state index is -5.08. The number of fused-ring (bicyclic) bond motifs is 1. The minimum absolute atomic E-state index is 0.0518. The van der Waals surface area contributed by atoms with E-state index >= 15 is 0 Å². The summed E-state index contributed by atoms with van der Waals surface area (Å²) < 4.78 is 65.5. The van der Waals surface area contributed by atoms with Gasteiger partial charge < -0.3 is 19.5 Å². The standard InChI is InChI=1S/C25H25N5O.2C2HF3O2/c1-18-6-3-4-8-21(18)25(31)29-13-12-28(2)23(16-29)24-22-10-9-20(15-30(22)17-27-24)19-7-5-11-26-14-19;2*3-2(4,5)1(6)7/h3-11,14-15,17,23H,12-13,16H2,1-2H3;2*(H,6,7). The van der Waals surface area contributed by atoms with Crippen LogP contribution in [0.3, 0.4) is 0 Å². The molecule has 0 spiro atoms. The van der Waals surface area contributed by atoms with Crippen LogP contribution in [0.5, 0.6) is 0 Å². The maximum atomic E-state index is 13.2. The summed E-state index contributed by atoms with van der Waals surface area (Å²) in [6, 6.07) is 16.1. The maximum absolute atomic E-state index is 13.2. The molecule has 1 unspecified atom stereocenters. The molecule has 0 aliphatic carbocycles. The van der Waals surface area contributed by atoms with Crippen LogP contribution in [0.15, 0.2) is 73.4 Å². The van der Waals surface area contributed by atoms with E-state index in [0.717, 1.165) is 46.6 Å². The average Bonchev–Trinajstić information content (AvgIpc) is 3.40. The number of carboxylic acid groups (broad SMARTS) is 2. The molecular formula is C29H27F6N5O5. The highest BCUT2D eigenvalue weighted by Crippen LogP contribution is 2.29. The predicted octanol–water partition coefficient (Wildman–Crippen LogP) is 5.10. The Hall–Kier alpha value is -4.99. The van der Waals surface area contributed by atoms with Crippen molar-refractivity contribution >= 4 is 23.4 Å². The van der Waals surface area contributed by atoms with Gasteiger partial charge in [-0.1, -0.05) is 30.3 Å². The van der Waals surface area contributed by atoms with Crippen molar-refractivity contribution < 1.29 is 50.9 Å². The molecule has 1 fully saturated rings. The lowest BCUT2D eigenvalue weighted by molar-refractivity contribution is -0.193. The predicted molar refractivity (Wildman–Crippen MR) is 148 cm³/mol. The minimum Gasteiger partial charge on any atom is -0.475 e. The molecule has 45 heavy (non-hydrogen) atoms. The van der Waals surface area contributed by atoms with Crippen molar-refractivity contribution in [3.05, 3.63) is 90.3 Å². The number of carbonyl (C=O) groups excluding carboxylic acids is 1. The Labute approximate surface area is 252 Å². The third kappa shape index (κ3) is 9.01. The molecule has 0 saturated carbocycles. The van der Waals surface area contributed by atoms with Crippen molar-refractivity contribution in [1.29, 1.82) is 0 Å². The number of hydrogen-bond donors (Lipinski definition) is 2. The second kappa shape index (κ2) is 14.2. The molecule has 5 rings (SSSR count). The summed E-state index contributed by atoms with van der Waals surface area (Å²) in [6.45, 7) is 4.15. The number of imidazole rings is 1. The topological polar surface area (TPSA) is 128 Å². The first-order chi connectivity index (χ1) is 21.0. The number of piperazine rings is 1. The zero-order chi connectivity index (χ0) is 33.5. The molecule has 1 saturated heterocycles. The fourth-order valence-electron chi connectivity index (χ4n) is 4.32. The number of amides is 1. The second-order valence-electron chi connectivity index (χ2n) is 9.75. The van der Waals surface area contributed by atoms with E-state index in [1.807, 2.05) is 54.7 Å². The molecule has 1 aliphatic heterocycles. The van der Waals surface area contributed by atoms with E-state index in [1.165, 1.54) is 0 Å². The van der Waals surface area contributed by atoms with Gasteiger partial charge in [0.25, 0.3) is 5.91 Å². The maximum Gasteiger partial charge on any atom is 0.490 e. The van der Waals surface area contributed by atoms with Crippen LogP contribution >= 0.6 is 0 Å². The summed E-state index contributed by atoms with van der Waals surface area (Å²) in [6.07, 6.45) is -2.58. The third-order valence-electron chi connectivity index (χ3n) is 6.67. The quantitative estimate of drug-likeness (QED) is 0.297. The number of benzene rings is 1. The summed E-state index contributed by atoms with van der Waals surface area (Å²) >= 11 is 0. The van der Waals surface area contributed by atoms with Gasteiger partial charge in [0.2, 0.25) is 0 Å². The van der Waals surface area contributed by atoms with Crippen molar-refractivity contribution in [1.82, 2.24) is 24.2 Å². The van der Waals surface area contributed by atoms with Crippen LogP contribution in [0.25, 0.3) is 16.6 Å². The van der Waals surface area contributed by atoms with Gasteiger partial charge in [0.1, 0.15) is 0 Å². The van der Waals surface area contributed by atoms with Gasteiger partial charge in [0.05, 0.1) is 23.6 Å². The number of carbonyl (C=O) groups is 3. The third-order valence-corrected chi connectivity index (χ3v) is 6.67. The van der Waals surface area contributed by atoms with Crippen molar-refractivity contribution in [3.63, 3.8) is 0 Å². The molecule has 0 bridgehead atoms. The van der Waals surface area contributed by atoms with Crippen LogP contribution in [0, 0.1) is 6.92 Å². The van der Waals surface area contributed by atoms with E-state index in [9.17, 15) is 31.1 Å². The first-order valence-electron chi connectivity index (χ1n) is 13.0. The number of likely N-dealkylation sites (N-methyl/N-ethyl adjacent to an activating group) is 1. The fourth-order valence-corrected chi connectivity index (χ4v) is 4.32. The first-order valence-corrected chi connectivity index (χ1v) is 13.0. The van der Waals surface area contributed by atoms with Gasteiger partial charge in [-0.25, -0.2) is 14.6 Å². The molecule has 4 heterocycles. The summed E-state index contributed by atoms with van der Waals surface area (Å²) in [4.78, 5) is 44.2. The highest BCUT2D eigenvalue weighted by molar-refractivity contribution is 5.95. The number of halogens is 6. The van der Waals surface area contributed by atoms with Crippen LogP contribution in [-0.4, -0.2) is 91.3 Å². The van der Waals surface area contributed by atoms with Crippen LogP contribution in [0.2, 0.25) is 0 Å².